The average Bonchev–Trinajstić information content (AvgIpc) is 2.76. The van der Waals surface area contributed by atoms with E-state index in [1.807, 2.05) is 63.2 Å². The number of nitrogens with one attached hydrogen (secondary N) is 3. The third-order valence-electron chi connectivity index (χ3n) is 4.70. The fraction of sp³-hybridized carbons (Fsp3) is 0.160. The smallest absolute Gasteiger partial charge is 0.253 e. The lowest BCUT2D eigenvalue weighted by molar-refractivity contribution is 0.632. The second-order valence-electron chi connectivity index (χ2n) is 8.41. The van der Waals surface area contributed by atoms with E-state index >= 15 is 0 Å². The minimum absolute atomic E-state index is 0.282. The molecule has 0 radical (unpaired) electrons. The van der Waals surface area contributed by atoms with Crippen LogP contribution in [0, 0.1) is 0 Å². The van der Waals surface area contributed by atoms with Crippen LogP contribution in [-0.4, -0.2) is 10.5 Å². The molecule has 1 heterocycles. The van der Waals surface area contributed by atoms with Crippen LogP contribution in [0.3, 0.4) is 0 Å². The van der Waals surface area contributed by atoms with Crippen LogP contribution >= 0.6 is 0 Å². The summed E-state index contributed by atoms with van der Waals surface area (Å²) in [7, 11) is 0. The van der Waals surface area contributed by atoms with Gasteiger partial charge in [-0.15, -0.1) is 0 Å². The zero-order chi connectivity index (χ0) is 22.0. The molecule has 4 aromatic rings. The molecule has 0 spiro atoms. The average molecular weight is 412 g/mol. The van der Waals surface area contributed by atoms with E-state index in [1.165, 1.54) is 0 Å². The molecule has 6 heteroatoms. The summed E-state index contributed by atoms with van der Waals surface area (Å²) >= 11 is 0. The van der Waals surface area contributed by atoms with Gasteiger partial charge in [0.25, 0.3) is 10.9 Å². The Labute approximate surface area is 180 Å². The largest absolute Gasteiger partial charge is 0.375 e. The molecule has 0 aliphatic heterocycles. The van der Waals surface area contributed by atoms with Gasteiger partial charge in [0.05, 0.1) is 0 Å². The highest BCUT2D eigenvalue weighted by molar-refractivity contribution is 5.80. The molecular formula is C25H24N4O2. The maximum Gasteiger partial charge on any atom is 0.253 e. The second-order valence-corrected chi connectivity index (χ2v) is 8.41. The zero-order valence-electron chi connectivity index (χ0n) is 17.7. The molecule has 0 atom stereocenters. The lowest BCUT2D eigenvalue weighted by Gasteiger charge is -2.25. The van der Waals surface area contributed by atoms with Gasteiger partial charge < -0.3 is 16.0 Å². The number of pyridine rings is 1. The van der Waals surface area contributed by atoms with Crippen molar-refractivity contribution in [3.05, 3.63) is 93.4 Å². The third-order valence-corrected chi connectivity index (χ3v) is 4.70. The first-order valence-electron chi connectivity index (χ1n) is 10.1. The van der Waals surface area contributed by atoms with Crippen LogP contribution in [0.25, 0.3) is 11.1 Å². The van der Waals surface area contributed by atoms with Gasteiger partial charge in [0.2, 0.25) is 0 Å². The number of hydrogen-bond donors (Lipinski definition) is 3. The lowest BCUT2D eigenvalue weighted by Crippen LogP contribution is -2.41. The molecule has 0 fully saturated rings. The molecule has 0 amide bonds. The molecule has 156 valence electrons. The van der Waals surface area contributed by atoms with Gasteiger partial charge in [0, 0.05) is 29.2 Å². The normalized spacial score (nSPS) is 11.3. The highest BCUT2D eigenvalue weighted by atomic mass is 16.2. The minimum Gasteiger partial charge on any atom is -0.375 e. The van der Waals surface area contributed by atoms with Gasteiger partial charge in [0.1, 0.15) is 17.2 Å². The van der Waals surface area contributed by atoms with Crippen molar-refractivity contribution in [3.8, 4) is 11.1 Å². The Balaban J connectivity index is 1.49. The van der Waals surface area contributed by atoms with Gasteiger partial charge in [-0.2, -0.15) is 0 Å². The SMILES string of the molecule is CC(C)(C)Nc1c(Nc2ccnc(Nc3ccc(-c4ccccc4)cc3)c2)c(=O)c1=O. The Morgan fingerprint density at radius 2 is 1.35 bits per heavy atom. The maximum absolute atomic E-state index is 12.0. The highest BCUT2D eigenvalue weighted by Crippen LogP contribution is 2.26. The molecule has 1 aromatic heterocycles. The lowest BCUT2D eigenvalue weighted by atomic mass is 10.1. The first-order chi connectivity index (χ1) is 14.8. The van der Waals surface area contributed by atoms with Crippen LogP contribution in [0.4, 0.5) is 28.6 Å². The van der Waals surface area contributed by atoms with E-state index in [4.69, 9.17) is 0 Å². The number of nitrogens with zero attached hydrogens (tertiary/aromatic N) is 1. The summed E-state index contributed by atoms with van der Waals surface area (Å²) < 4.78 is 0. The quantitative estimate of drug-likeness (QED) is 0.385. The Morgan fingerprint density at radius 1 is 0.710 bits per heavy atom. The number of rotatable bonds is 6. The van der Waals surface area contributed by atoms with Crippen molar-refractivity contribution >= 4 is 28.6 Å². The van der Waals surface area contributed by atoms with E-state index in [0.29, 0.717) is 17.2 Å². The summed E-state index contributed by atoms with van der Waals surface area (Å²) in [5, 5.41) is 9.42. The Bertz CT molecular complexity index is 1270. The van der Waals surface area contributed by atoms with Crippen LogP contribution in [0.2, 0.25) is 0 Å². The summed E-state index contributed by atoms with van der Waals surface area (Å²) in [5.41, 5.74) is 3.12. The van der Waals surface area contributed by atoms with Gasteiger partial charge in [-0.1, -0.05) is 42.5 Å². The molecule has 0 bridgehead atoms. The van der Waals surface area contributed by atoms with Crippen molar-refractivity contribution in [3.63, 3.8) is 0 Å². The van der Waals surface area contributed by atoms with Crippen LogP contribution in [0.15, 0.2) is 82.5 Å². The highest BCUT2D eigenvalue weighted by Gasteiger charge is 2.24. The fourth-order valence-corrected chi connectivity index (χ4v) is 3.25. The van der Waals surface area contributed by atoms with Crippen molar-refractivity contribution in [2.75, 3.05) is 16.0 Å². The first kappa shape index (κ1) is 20.3. The van der Waals surface area contributed by atoms with Crippen LogP contribution < -0.4 is 26.8 Å². The molecule has 6 nitrogen and oxygen atoms in total. The van der Waals surface area contributed by atoms with Gasteiger partial charge in [0.15, 0.2) is 0 Å². The molecule has 0 unspecified atom stereocenters. The van der Waals surface area contributed by atoms with Crippen molar-refractivity contribution < 1.29 is 0 Å². The van der Waals surface area contributed by atoms with E-state index in [2.05, 4.69) is 33.1 Å². The van der Waals surface area contributed by atoms with E-state index in [0.717, 1.165) is 16.8 Å². The Kier molecular flexibility index (Phi) is 5.29. The van der Waals surface area contributed by atoms with Gasteiger partial charge in [-0.25, -0.2) is 4.98 Å². The molecule has 0 aliphatic rings. The van der Waals surface area contributed by atoms with E-state index in [1.54, 1.807) is 18.3 Å². The molecule has 31 heavy (non-hydrogen) atoms. The van der Waals surface area contributed by atoms with E-state index < -0.39 is 10.9 Å². The van der Waals surface area contributed by atoms with E-state index in [-0.39, 0.29) is 11.2 Å². The minimum atomic E-state index is -0.519. The topological polar surface area (TPSA) is 83.1 Å². The van der Waals surface area contributed by atoms with E-state index in [9.17, 15) is 9.59 Å². The molecule has 0 saturated heterocycles. The Hall–Kier alpha value is -3.93. The summed E-state index contributed by atoms with van der Waals surface area (Å²) in [4.78, 5) is 28.3. The Morgan fingerprint density at radius 3 is 2.03 bits per heavy atom. The van der Waals surface area contributed by atoms with Crippen LogP contribution in [-0.2, 0) is 0 Å². The monoisotopic (exact) mass is 412 g/mol. The molecular weight excluding hydrogens is 388 g/mol. The molecule has 3 N–H and O–H groups in total. The molecule has 0 saturated carbocycles. The molecule has 4 rings (SSSR count). The predicted octanol–water partition coefficient (Wildman–Crippen LogP) is 5.04. The standard InChI is InChI=1S/C25H24N4O2/c1-25(2,3)29-22-21(23(30)24(22)31)28-19-13-14-26-20(15-19)27-18-11-9-17(10-12-18)16-7-5-4-6-8-16/h4-15,29H,1-3H3,(H2,26,27,28). The number of aromatic nitrogens is 1. The maximum atomic E-state index is 12.0. The number of anilines is 5. The summed E-state index contributed by atoms with van der Waals surface area (Å²) in [5.74, 6) is 0.626. The molecule has 0 aliphatic carbocycles. The summed E-state index contributed by atoms with van der Waals surface area (Å²) in [6.45, 7) is 5.81. The fourth-order valence-electron chi connectivity index (χ4n) is 3.25. The number of benzene rings is 2. The zero-order valence-corrected chi connectivity index (χ0v) is 17.7. The second kappa shape index (κ2) is 8.07. The van der Waals surface area contributed by atoms with Crippen molar-refractivity contribution in [2.24, 2.45) is 0 Å². The van der Waals surface area contributed by atoms with Crippen molar-refractivity contribution in [1.29, 1.82) is 0 Å². The molecule has 3 aromatic carbocycles. The third kappa shape index (κ3) is 4.64. The van der Waals surface area contributed by atoms with Crippen LogP contribution in [0.5, 0.6) is 0 Å². The van der Waals surface area contributed by atoms with Crippen LogP contribution in [0.1, 0.15) is 20.8 Å². The predicted molar refractivity (Wildman–Crippen MR) is 127 cm³/mol. The summed E-state index contributed by atoms with van der Waals surface area (Å²) in [6, 6.07) is 21.8. The summed E-state index contributed by atoms with van der Waals surface area (Å²) in [6.07, 6.45) is 1.64. The van der Waals surface area contributed by atoms with Crippen molar-refractivity contribution in [2.45, 2.75) is 26.3 Å². The van der Waals surface area contributed by atoms with Gasteiger partial charge in [-0.05, 0) is 50.1 Å². The van der Waals surface area contributed by atoms with Gasteiger partial charge in [-0.3, -0.25) is 9.59 Å². The van der Waals surface area contributed by atoms with Crippen molar-refractivity contribution in [1.82, 2.24) is 4.98 Å². The first-order valence-corrected chi connectivity index (χ1v) is 10.1. The number of hydrogen-bond acceptors (Lipinski definition) is 6. The van der Waals surface area contributed by atoms with Gasteiger partial charge >= 0.3 is 0 Å².